The lowest BCUT2D eigenvalue weighted by molar-refractivity contribution is 0.415. The molecule has 28 heavy (non-hydrogen) atoms. The molecule has 1 saturated heterocycles. The second-order valence-corrected chi connectivity index (χ2v) is 7.57. The lowest BCUT2D eigenvalue weighted by atomic mass is 9.98. The van der Waals surface area contributed by atoms with Crippen LogP contribution in [0, 0.1) is 0 Å². The Labute approximate surface area is 171 Å². The monoisotopic (exact) mass is 392 g/mol. The SMILES string of the molecule is COc1cccc(N2C(=S)N[C@H](c3ccccn3)[C@@H]2c2ccn(C(C)C)c2)c1. The van der Waals surface area contributed by atoms with E-state index in [0.717, 1.165) is 17.1 Å². The predicted octanol–water partition coefficient (Wildman–Crippen LogP) is 4.65. The Morgan fingerprint density at radius 3 is 2.68 bits per heavy atom. The second kappa shape index (κ2) is 7.64. The van der Waals surface area contributed by atoms with Gasteiger partial charge in [0.15, 0.2) is 5.11 Å². The van der Waals surface area contributed by atoms with Gasteiger partial charge in [-0.15, -0.1) is 0 Å². The molecule has 2 aromatic heterocycles. The van der Waals surface area contributed by atoms with Crippen LogP contribution in [0.15, 0.2) is 67.1 Å². The van der Waals surface area contributed by atoms with Crippen LogP contribution in [0.3, 0.4) is 0 Å². The first-order valence-electron chi connectivity index (χ1n) is 9.40. The average molecular weight is 393 g/mol. The zero-order valence-corrected chi connectivity index (χ0v) is 17.1. The van der Waals surface area contributed by atoms with Crippen molar-refractivity contribution in [3.05, 3.63) is 78.4 Å². The van der Waals surface area contributed by atoms with Gasteiger partial charge in [0.25, 0.3) is 0 Å². The van der Waals surface area contributed by atoms with Crippen LogP contribution in [0.5, 0.6) is 5.75 Å². The Bertz CT molecular complexity index is 969. The van der Waals surface area contributed by atoms with E-state index >= 15 is 0 Å². The highest BCUT2D eigenvalue weighted by Crippen LogP contribution is 2.42. The number of benzene rings is 1. The number of hydrogen-bond acceptors (Lipinski definition) is 3. The fourth-order valence-corrected chi connectivity index (χ4v) is 4.00. The van der Waals surface area contributed by atoms with E-state index in [4.69, 9.17) is 17.0 Å². The van der Waals surface area contributed by atoms with Crippen molar-refractivity contribution in [2.45, 2.75) is 32.0 Å². The van der Waals surface area contributed by atoms with Crippen LogP contribution in [-0.4, -0.2) is 21.8 Å². The van der Waals surface area contributed by atoms with Crippen molar-refractivity contribution in [1.82, 2.24) is 14.9 Å². The molecule has 0 bridgehead atoms. The van der Waals surface area contributed by atoms with Crippen LogP contribution >= 0.6 is 12.2 Å². The van der Waals surface area contributed by atoms with Gasteiger partial charge in [-0.3, -0.25) is 4.98 Å². The van der Waals surface area contributed by atoms with E-state index in [9.17, 15) is 0 Å². The van der Waals surface area contributed by atoms with Gasteiger partial charge in [0.05, 0.1) is 24.9 Å². The average Bonchev–Trinajstić information content (AvgIpc) is 3.33. The number of nitrogens with one attached hydrogen (secondary N) is 1. The number of ether oxygens (including phenoxy) is 1. The summed E-state index contributed by atoms with van der Waals surface area (Å²) in [6, 6.07) is 16.5. The number of methoxy groups -OCH3 is 1. The summed E-state index contributed by atoms with van der Waals surface area (Å²) in [5.41, 5.74) is 3.16. The Kier molecular flexibility index (Phi) is 5.05. The second-order valence-electron chi connectivity index (χ2n) is 7.18. The largest absolute Gasteiger partial charge is 0.497 e. The smallest absolute Gasteiger partial charge is 0.174 e. The van der Waals surface area contributed by atoms with Crippen LogP contribution in [-0.2, 0) is 0 Å². The Hall–Kier alpha value is -2.86. The molecule has 2 atom stereocenters. The summed E-state index contributed by atoms with van der Waals surface area (Å²) >= 11 is 5.75. The number of pyridine rings is 1. The minimum Gasteiger partial charge on any atom is -0.497 e. The van der Waals surface area contributed by atoms with Crippen LogP contribution in [0.2, 0.25) is 0 Å². The van der Waals surface area contributed by atoms with Crippen LogP contribution in [0.1, 0.15) is 43.2 Å². The summed E-state index contributed by atoms with van der Waals surface area (Å²) in [7, 11) is 1.68. The quantitative estimate of drug-likeness (QED) is 0.640. The number of hydrogen-bond donors (Lipinski definition) is 1. The molecule has 6 heteroatoms. The molecule has 0 aliphatic carbocycles. The normalized spacial score (nSPS) is 19.1. The molecule has 0 saturated carbocycles. The highest BCUT2D eigenvalue weighted by molar-refractivity contribution is 7.80. The molecule has 0 spiro atoms. The van der Waals surface area contributed by atoms with Crippen LogP contribution in [0.4, 0.5) is 5.69 Å². The van der Waals surface area contributed by atoms with Crippen molar-refractivity contribution in [3.8, 4) is 5.75 Å². The third-order valence-electron chi connectivity index (χ3n) is 5.10. The molecule has 1 aliphatic heterocycles. The van der Waals surface area contributed by atoms with Gasteiger partial charge in [0.1, 0.15) is 5.75 Å². The lowest BCUT2D eigenvalue weighted by Gasteiger charge is -2.27. The highest BCUT2D eigenvalue weighted by Gasteiger charge is 2.41. The zero-order valence-electron chi connectivity index (χ0n) is 16.2. The first-order chi connectivity index (χ1) is 13.6. The van der Waals surface area contributed by atoms with Crippen molar-refractivity contribution in [1.29, 1.82) is 0 Å². The summed E-state index contributed by atoms with van der Waals surface area (Å²) < 4.78 is 7.65. The van der Waals surface area contributed by atoms with Crippen LogP contribution < -0.4 is 15.0 Å². The van der Waals surface area contributed by atoms with Gasteiger partial charge >= 0.3 is 0 Å². The molecule has 1 fully saturated rings. The lowest BCUT2D eigenvalue weighted by Crippen LogP contribution is -2.29. The van der Waals surface area contributed by atoms with E-state index < -0.39 is 0 Å². The van der Waals surface area contributed by atoms with Gasteiger partial charge < -0.3 is 19.5 Å². The van der Waals surface area contributed by atoms with E-state index in [0.29, 0.717) is 11.2 Å². The first-order valence-corrected chi connectivity index (χ1v) is 9.81. The molecule has 1 aliphatic rings. The number of thiocarbonyl (C=S) groups is 1. The van der Waals surface area contributed by atoms with Crippen molar-refractivity contribution in [2.75, 3.05) is 12.0 Å². The van der Waals surface area contributed by atoms with Crippen LogP contribution in [0.25, 0.3) is 0 Å². The third-order valence-corrected chi connectivity index (χ3v) is 5.42. The zero-order chi connectivity index (χ0) is 19.7. The maximum absolute atomic E-state index is 5.75. The van der Waals surface area contributed by atoms with Gasteiger partial charge in [-0.2, -0.15) is 0 Å². The molecule has 4 rings (SSSR count). The van der Waals surface area contributed by atoms with Gasteiger partial charge in [0, 0.05) is 36.4 Å². The maximum Gasteiger partial charge on any atom is 0.174 e. The molecule has 144 valence electrons. The van der Waals surface area contributed by atoms with Crippen molar-refractivity contribution < 1.29 is 4.74 Å². The van der Waals surface area contributed by atoms with E-state index in [1.165, 1.54) is 5.56 Å². The molecular formula is C22H24N4OS. The number of aromatic nitrogens is 2. The predicted molar refractivity (Wildman–Crippen MR) is 116 cm³/mol. The fourth-order valence-electron chi connectivity index (χ4n) is 3.66. The number of anilines is 1. The maximum atomic E-state index is 5.75. The topological polar surface area (TPSA) is 42.3 Å². The van der Waals surface area contributed by atoms with Gasteiger partial charge in [-0.25, -0.2) is 0 Å². The molecular weight excluding hydrogens is 368 g/mol. The standard InChI is InChI=1S/C22H24N4OS/c1-15(2)25-12-10-16(14-25)21-20(19-9-4-5-11-23-19)24-22(28)26(21)17-7-6-8-18(13-17)27-3/h4-15,20-21H,1-3H3,(H,24,28)/t20-,21+/m1/s1. The minimum atomic E-state index is -0.0390. The summed E-state index contributed by atoms with van der Waals surface area (Å²) in [6.45, 7) is 4.36. The molecule has 3 aromatic rings. The van der Waals surface area contributed by atoms with E-state index in [1.807, 2.05) is 42.6 Å². The molecule has 1 aromatic carbocycles. The van der Waals surface area contributed by atoms with Crippen molar-refractivity contribution in [2.24, 2.45) is 0 Å². The third kappa shape index (κ3) is 3.36. The Balaban J connectivity index is 1.81. The van der Waals surface area contributed by atoms with Gasteiger partial charge in [-0.1, -0.05) is 12.1 Å². The molecule has 0 radical (unpaired) electrons. The van der Waals surface area contributed by atoms with E-state index in [-0.39, 0.29) is 12.1 Å². The Morgan fingerprint density at radius 2 is 2.00 bits per heavy atom. The summed E-state index contributed by atoms with van der Waals surface area (Å²) in [6.07, 6.45) is 6.15. The molecule has 5 nitrogen and oxygen atoms in total. The summed E-state index contributed by atoms with van der Waals surface area (Å²) in [5, 5.41) is 4.17. The summed E-state index contributed by atoms with van der Waals surface area (Å²) in [4.78, 5) is 6.76. The Morgan fingerprint density at radius 1 is 1.14 bits per heavy atom. The fraction of sp³-hybridized carbons (Fsp3) is 0.273. The van der Waals surface area contributed by atoms with Crippen molar-refractivity contribution >= 4 is 23.0 Å². The first kappa shape index (κ1) is 18.5. The van der Waals surface area contributed by atoms with E-state index in [1.54, 1.807) is 7.11 Å². The van der Waals surface area contributed by atoms with Crippen molar-refractivity contribution in [3.63, 3.8) is 0 Å². The highest BCUT2D eigenvalue weighted by atomic mass is 32.1. The van der Waals surface area contributed by atoms with Gasteiger partial charge in [0.2, 0.25) is 0 Å². The number of nitrogens with zero attached hydrogens (tertiary/aromatic N) is 3. The molecule has 3 heterocycles. The number of rotatable bonds is 5. The molecule has 0 unspecified atom stereocenters. The molecule has 0 amide bonds. The van der Waals surface area contributed by atoms with E-state index in [2.05, 4.69) is 58.1 Å². The minimum absolute atomic E-state index is 0.00509. The molecule has 1 N–H and O–H groups in total. The van der Waals surface area contributed by atoms with Gasteiger partial charge in [-0.05, 0) is 62.0 Å². The summed E-state index contributed by atoms with van der Waals surface area (Å²) in [5.74, 6) is 0.806.